The lowest BCUT2D eigenvalue weighted by molar-refractivity contribution is -0.151. The Hall–Kier alpha value is -1.89. The molecule has 0 radical (unpaired) electrons. The summed E-state index contributed by atoms with van der Waals surface area (Å²) < 4.78 is 6.63. The van der Waals surface area contributed by atoms with Gasteiger partial charge in [-0.05, 0) is 12.5 Å². The first-order valence-electron chi connectivity index (χ1n) is 7.67. The maximum absolute atomic E-state index is 12.8. The van der Waals surface area contributed by atoms with E-state index in [4.69, 9.17) is 4.74 Å². The maximum Gasteiger partial charge on any atom is 0.313 e. The van der Waals surface area contributed by atoms with Gasteiger partial charge in [0.15, 0.2) is 0 Å². The standard InChI is InChI=1S/C16H25N3O4/c1-15(2,3)12-8-11(18(4)17-12)13(20)19-7-6-16(9-19,10-23-5)14(21)22/h8H,6-7,9-10H2,1-5H3,(H,21,22). The van der Waals surface area contributed by atoms with E-state index in [1.54, 1.807) is 22.7 Å². The second kappa shape index (κ2) is 5.96. The Labute approximate surface area is 136 Å². The van der Waals surface area contributed by atoms with Crippen LogP contribution in [-0.4, -0.2) is 58.5 Å². The van der Waals surface area contributed by atoms with Crippen molar-refractivity contribution in [2.75, 3.05) is 26.8 Å². The number of aromatic nitrogens is 2. The van der Waals surface area contributed by atoms with E-state index in [-0.39, 0.29) is 24.5 Å². The fourth-order valence-electron chi connectivity index (χ4n) is 2.87. The van der Waals surface area contributed by atoms with Gasteiger partial charge >= 0.3 is 5.97 Å². The van der Waals surface area contributed by atoms with Gasteiger partial charge in [-0.2, -0.15) is 5.10 Å². The molecule has 7 nitrogen and oxygen atoms in total. The van der Waals surface area contributed by atoms with Crippen LogP contribution in [0.25, 0.3) is 0 Å². The second-order valence-electron chi connectivity index (χ2n) is 7.28. The van der Waals surface area contributed by atoms with Crippen molar-refractivity contribution in [2.45, 2.75) is 32.6 Å². The lowest BCUT2D eigenvalue weighted by Crippen LogP contribution is -2.40. The number of amides is 1. The molecule has 1 aromatic rings. The van der Waals surface area contributed by atoms with Gasteiger partial charge in [0.25, 0.3) is 5.91 Å². The van der Waals surface area contributed by atoms with E-state index in [2.05, 4.69) is 5.10 Å². The van der Waals surface area contributed by atoms with Crippen molar-refractivity contribution in [1.82, 2.24) is 14.7 Å². The molecule has 1 saturated heterocycles. The molecule has 1 fully saturated rings. The Morgan fingerprint density at radius 3 is 2.57 bits per heavy atom. The highest BCUT2D eigenvalue weighted by Crippen LogP contribution is 2.32. The Kier molecular flexibility index (Phi) is 4.52. The highest BCUT2D eigenvalue weighted by Gasteiger charge is 2.47. The molecule has 128 valence electrons. The molecule has 0 aliphatic carbocycles. The Morgan fingerprint density at radius 2 is 2.09 bits per heavy atom. The first-order chi connectivity index (χ1) is 10.6. The third-order valence-electron chi connectivity index (χ3n) is 4.38. The van der Waals surface area contributed by atoms with Crippen LogP contribution in [0.4, 0.5) is 0 Å². The second-order valence-corrected chi connectivity index (χ2v) is 7.28. The zero-order valence-electron chi connectivity index (χ0n) is 14.4. The largest absolute Gasteiger partial charge is 0.481 e. The number of carboxylic acid groups (broad SMARTS) is 1. The molecule has 1 aromatic heterocycles. The predicted molar refractivity (Wildman–Crippen MR) is 84.4 cm³/mol. The van der Waals surface area contributed by atoms with E-state index in [0.29, 0.717) is 18.7 Å². The molecule has 1 atom stereocenters. The number of aryl methyl sites for hydroxylation is 1. The van der Waals surface area contributed by atoms with Crippen LogP contribution in [0.5, 0.6) is 0 Å². The number of likely N-dealkylation sites (tertiary alicyclic amines) is 1. The molecule has 1 unspecified atom stereocenters. The average Bonchev–Trinajstić information content (AvgIpc) is 3.03. The highest BCUT2D eigenvalue weighted by atomic mass is 16.5. The van der Waals surface area contributed by atoms with Crippen LogP contribution in [0.15, 0.2) is 6.07 Å². The summed E-state index contributed by atoms with van der Waals surface area (Å²) in [7, 11) is 3.21. The summed E-state index contributed by atoms with van der Waals surface area (Å²) in [5, 5.41) is 13.9. The van der Waals surface area contributed by atoms with Crippen molar-refractivity contribution < 1.29 is 19.4 Å². The number of methoxy groups -OCH3 is 1. The van der Waals surface area contributed by atoms with Gasteiger partial charge in [-0.15, -0.1) is 0 Å². The molecule has 1 aliphatic rings. The number of aliphatic carboxylic acids is 1. The highest BCUT2D eigenvalue weighted by molar-refractivity contribution is 5.93. The SMILES string of the molecule is COCC1(C(=O)O)CCN(C(=O)c2cc(C(C)(C)C)nn2C)C1. The minimum Gasteiger partial charge on any atom is -0.481 e. The zero-order chi connectivity index (χ0) is 17.4. The molecule has 0 bridgehead atoms. The minimum absolute atomic E-state index is 0.102. The van der Waals surface area contributed by atoms with E-state index >= 15 is 0 Å². The van der Waals surface area contributed by atoms with Crippen LogP contribution in [0.3, 0.4) is 0 Å². The van der Waals surface area contributed by atoms with E-state index in [9.17, 15) is 14.7 Å². The van der Waals surface area contributed by atoms with Crippen LogP contribution < -0.4 is 0 Å². The topological polar surface area (TPSA) is 84.7 Å². The number of ether oxygens (including phenoxy) is 1. The van der Waals surface area contributed by atoms with E-state index < -0.39 is 11.4 Å². The van der Waals surface area contributed by atoms with E-state index in [1.165, 1.54) is 7.11 Å². The molecule has 2 rings (SSSR count). The average molecular weight is 323 g/mol. The van der Waals surface area contributed by atoms with E-state index in [0.717, 1.165) is 5.69 Å². The first kappa shape index (κ1) is 17.5. The molecule has 7 heteroatoms. The number of nitrogens with zero attached hydrogens (tertiary/aromatic N) is 3. The van der Waals surface area contributed by atoms with Crippen molar-refractivity contribution in [3.05, 3.63) is 17.5 Å². The Bertz CT molecular complexity index is 617. The molecule has 0 aromatic carbocycles. The molecule has 1 aliphatic heterocycles. The van der Waals surface area contributed by atoms with Gasteiger partial charge in [-0.1, -0.05) is 20.8 Å². The molecule has 0 spiro atoms. The normalized spacial score (nSPS) is 21.7. The predicted octanol–water partition coefficient (Wildman–Crippen LogP) is 1.28. The Balaban J connectivity index is 2.23. The third kappa shape index (κ3) is 3.24. The van der Waals surface area contributed by atoms with Crippen molar-refractivity contribution in [3.8, 4) is 0 Å². The molecule has 2 heterocycles. The van der Waals surface area contributed by atoms with Crippen molar-refractivity contribution >= 4 is 11.9 Å². The van der Waals surface area contributed by atoms with Crippen LogP contribution in [0.2, 0.25) is 0 Å². The van der Waals surface area contributed by atoms with Gasteiger partial charge in [-0.3, -0.25) is 14.3 Å². The van der Waals surface area contributed by atoms with Crippen LogP contribution >= 0.6 is 0 Å². The lowest BCUT2D eigenvalue weighted by Gasteiger charge is -2.23. The van der Waals surface area contributed by atoms with Crippen molar-refractivity contribution in [2.24, 2.45) is 12.5 Å². The number of carboxylic acids is 1. The van der Waals surface area contributed by atoms with Crippen molar-refractivity contribution in [1.29, 1.82) is 0 Å². The van der Waals surface area contributed by atoms with Gasteiger partial charge < -0.3 is 14.7 Å². The maximum atomic E-state index is 12.8. The Morgan fingerprint density at radius 1 is 1.43 bits per heavy atom. The van der Waals surface area contributed by atoms with Crippen molar-refractivity contribution in [3.63, 3.8) is 0 Å². The zero-order valence-corrected chi connectivity index (χ0v) is 14.4. The van der Waals surface area contributed by atoms with Crippen LogP contribution in [0, 0.1) is 5.41 Å². The van der Waals surface area contributed by atoms with Gasteiger partial charge in [0.1, 0.15) is 11.1 Å². The van der Waals surface area contributed by atoms with Gasteiger partial charge in [0.2, 0.25) is 0 Å². The molecule has 23 heavy (non-hydrogen) atoms. The summed E-state index contributed by atoms with van der Waals surface area (Å²) in [6, 6.07) is 1.79. The molecule has 1 amide bonds. The minimum atomic E-state index is -1.02. The quantitative estimate of drug-likeness (QED) is 0.902. The smallest absolute Gasteiger partial charge is 0.313 e. The van der Waals surface area contributed by atoms with Crippen LogP contribution in [0.1, 0.15) is 43.4 Å². The fourth-order valence-corrected chi connectivity index (χ4v) is 2.87. The summed E-state index contributed by atoms with van der Waals surface area (Å²) in [6.07, 6.45) is 0.395. The summed E-state index contributed by atoms with van der Waals surface area (Å²) in [5.74, 6) is -1.11. The number of rotatable bonds is 4. The first-order valence-corrected chi connectivity index (χ1v) is 7.67. The molecular weight excluding hydrogens is 298 g/mol. The fraction of sp³-hybridized carbons (Fsp3) is 0.688. The third-order valence-corrected chi connectivity index (χ3v) is 4.38. The summed E-state index contributed by atoms with van der Waals surface area (Å²) in [6.45, 7) is 6.77. The molecular formula is C16H25N3O4. The van der Waals surface area contributed by atoms with Gasteiger partial charge in [0, 0.05) is 32.7 Å². The summed E-state index contributed by atoms with van der Waals surface area (Å²) in [5.41, 5.74) is 0.148. The summed E-state index contributed by atoms with van der Waals surface area (Å²) >= 11 is 0. The van der Waals surface area contributed by atoms with Gasteiger partial charge in [0.05, 0.1) is 12.3 Å². The number of hydrogen-bond acceptors (Lipinski definition) is 4. The number of hydrogen-bond donors (Lipinski definition) is 1. The number of carbonyl (C=O) groups excluding carboxylic acids is 1. The van der Waals surface area contributed by atoms with E-state index in [1.807, 2.05) is 20.8 Å². The van der Waals surface area contributed by atoms with Crippen LogP contribution in [-0.2, 0) is 22.0 Å². The molecule has 1 N–H and O–H groups in total. The lowest BCUT2D eigenvalue weighted by atomic mass is 9.88. The number of carbonyl (C=O) groups is 2. The monoisotopic (exact) mass is 323 g/mol. The molecule has 0 saturated carbocycles. The van der Waals surface area contributed by atoms with Gasteiger partial charge in [-0.25, -0.2) is 0 Å². The summed E-state index contributed by atoms with van der Waals surface area (Å²) in [4.78, 5) is 25.9.